The monoisotopic (exact) mass is 347 g/mol. The SMILES string of the molecule is NCc1cc(F)cc(Oc2cc(F)c(Cl)cc2Br)c1. The minimum atomic E-state index is -0.615. The van der Waals surface area contributed by atoms with Crippen molar-refractivity contribution in [1.82, 2.24) is 0 Å². The van der Waals surface area contributed by atoms with Crippen molar-refractivity contribution < 1.29 is 13.5 Å². The van der Waals surface area contributed by atoms with Gasteiger partial charge in [0, 0.05) is 18.7 Å². The van der Waals surface area contributed by atoms with Gasteiger partial charge in [0.1, 0.15) is 23.1 Å². The second kappa shape index (κ2) is 5.86. The van der Waals surface area contributed by atoms with Crippen LogP contribution >= 0.6 is 27.5 Å². The van der Waals surface area contributed by atoms with Crippen molar-refractivity contribution in [3.8, 4) is 11.5 Å². The van der Waals surface area contributed by atoms with Crippen molar-refractivity contribution in [2.24, 2.45) is 5.73 Å². The van der Waals surface area contributed by atoms with Crippen LogP contribution in [0.2, 0.25) is 5.02 Å². The van der Waals surface area contributed by atoms with Gasteiger partial charge in [-0.3, -0.25) is 0 Å². The van der Waals surface area contributed by atoms with Gasteiger partial charge < -0.3 is 10.5 Å². The average Bonchev–Trinajstić information content (AvgIpc) is 2.35. The highest BCUT2D eigenvalue weighted by molar-refractivity contribution is 9.10. The van der Waals surface area contributed by atoms with E-state index in [-0.39, 0.29) is 23.1 Å². The summed E-state index contributed by atoms with van der Waals surface area (Å²) in [6, 6.07) is 6.58. The maximum atomic E-state index is 13.4. The maximum absolute atomic E-state index is 13.4. The molecule has 0 aromatic heterocycles. The van der Waals surface area contributed by atoms with E-state index in [0.29, 0.717) is 10.0 Å². The third kappa shape index (κ3) is 3.43. The quantitative estimate of drug-likeness (QED) is 0.821. The number of nitrogens with two attached hydrogens (primary N) is 1. The largest absolute Gasteiger partial charge is 0.456 e. The molecule has 100 valence electrons. The van der Waals surface area contributed by atoms with Crippen LogP contribution in [0, 0.1) is 11.6 Å². The molecule has 0 saturated heterocycles. The summed E-state index contributed by atoms with van der Waals surface area (Å²) in [5.74, 6) is -0.642. The summed E-state index contributed by atoms with van der Waals surface area (Å²) < 4.78 is 32.6. The highest BCUT2D eigenvalue weighted by atomic mass is 79.9. The van der Waals surface area contributed by atoms with Crippen LogP contribution in [0.3, 0.4) is 0 Å². The van der Waals surface area contributed by atoms with Gasteiger partial charge in [-0.05, 0) is 39.7 Å². The van der Waals surface area contributed by atoms with Crippen LogP contribution in [0.5, 0.6) is 11.5 Å². The molecular weight excluding hydrogens is 340 g/mol. The molecule has 2 aromatic rings. The molecule has 2 N–H and O–H groups in total. The number of hydrogen-bond donors (Lipinski definition) is 1. The summed E-state index contributed by atoms with van der Waals surface area (Å²) in [6.45, 7) is 0.185. The van der Waals surface area contributed by atoms with Crippen LogP contribution in [0.25, 0.3) is 0 Å². The van der Waals surface area contributed by atoms with E-state index in [1.165, 1.54) is 18.2 Å². The van der Waals surface area contributed by atoms with Gasteiger partial charge in [-0.1, -0.05) is 11.6 Å². The molecule has 2 rings (SSSR count). The Kier molecular flexibility index (Phi) is 4.39. The molecule has 0 spiro atoms. The minimum Gasteiger partial charge on any atom is -0.456 e. The van der Waals surface area contributed by atoms with E-state index < -0.39 is 11.6 Å². The van der Waals surface area contributed by atoms with Gasteiger partial charge in [-0.25, -0.2) is 8.78 Å². The van der Waals surface area contributed by atoms with Crippen LogP contribution in [0.1, 0.15) is 5.56 Å². The van der Waals surface area contributed by atoms with Crippen molar-refractivity contribution in [2.45, 2.75) is 6.54 Å². The molecule has 0 radical (unpaired) electrons. The number of hydrogen-bond acceptors (Lipinski definition) is 2. The van der Waals surface area contributed by atoms with Crippen LogP contribution in [0.15, 0.2) is 34.8 Å². The molecule has 0 atom stereocenters. The molecular formula is C13H9BrClF2NO. The summed E-state index contributed by atoms with van der Waals surface area (Å²) in [5.41, 5.74) is 6.03. The molecule has 0 aliphatic carbocycles. The van der Waals surface area contributed by atoms with Gasteiger partial charge in [0.2, 0.25) is 0 Å². The standard InChI is InChI=1S/C13H9BrClF2NO/c14-10-4-11(15)12(17)5-13(10)19-9-2-7(6-18)1-8(16)3-9/h1-5H,6,18H2. The van der Waals surface area contributed by atoms with Crippen molar-refractivity contribution in [3.63, 3.8) is 0 Å². The Morgan fingerprint density at radius 3 is 2.58 bits per heavy atom. The lowest BCUT2D eigenvalue weighted by molar-refractivity contribution is 0.467. The Balaban J connectivity index is 2.36. The van der Waals surface area contributed by atoms with Crippen molar-refractivity contribution in [1.29, 1.82) is 0 Å². The maximum Gasteiger partial charge on any atom is 0.145 e. The predicted octanol–water partition coefficient (Wildman–Crippen LogP) is 4.63. The molecule has 2 nitrogen and oxygen atoms in total. The predicted molar refractivity (Wildman–Crippen MR) is 73.5 cm³/mol. The molecule has 0 aliphatic heterocycles. The van der Waals surface area contributed by atoms with Gasteiger partial charge in [0.05, 0.1) is 9.50 Å². The summed E-state index contributed by atoms with van der Waals surface area (Å²) >= 11 is 8.82. The second-order valence-corrected chi connectivity index (χ2v) is 5.06. The number of rotatable bonds is 3. The zero-order valence-corrected chi connectivity index (χ0v) is 11.9. The van der Waals surface area contributed by atoms with E-state index in [0.717, 1.165) is 6.07 Å². The molecule has 2 aromatic carbocycles. The van der Waals surface area contributed by atoms with E-state index in [2.05, 4.69) is 15.9 Å². The van der Waals surface area contributed by atoms with Gasteiger partial charge in [-0.15, -0.1) is 0 Å². The van der Waals surface area contributed by atoms with E-state index in [1.807, 2.05) is 0 Å². The Bertz CT molecular complexity index is 622. The van der Waals surface area contributed by atoms with E-state index >= 15 is 0 Å². The Labute approximate surface area is 122 Å². The molecule has 0 amide bonds. The lowest BCUT2D eigenvalue weighted by Crippen LogP contribution is -1.98. The van der Waals surface area contributed by atoms with E-state index in [9.17, 15) is 8.78 Å². The third-order valence-electron chi connectivity index (χ3n) is 2.37. The first-order chi connectivity index (χ1) is 8.99. The molecule has 19 heavy (non-hydrogen) atoms. The van der Waals surface area contributed by atoms with Crippen LogP contribution in [0.4, 0.5) is 8.78 Å². The van der Waals surface area contributed by atoms with E-state index in [4.69, 9.17) is 22.1 Å². The molecule has 0 heterocycles. The molecule has 0 saturated carbocycles. The van der Waals surface area contributed by atoms with Gasteiger partial charge >= 0.3 is 0 Å². The fourth-order valence-electron chi connectivity index (χ4n) is 1.51. The molecule has 0 aliphatic rings. The second-order valence-electron chi connectivity index (χ2n) is 3.80. The minimum absolute atomic E-state index is 0.0267. The Morgan fingerprint density at radius 1 is 1.16 bits per heavy atom. The first-order valence-corrected chi connectivity index (χ1v) is 6.48. The number of ether oxygens (including phenoxy) is 1. The summed E-state index contributed by atoms with van der Waals surface area (Å²) in [4.78, 5) is 0. The van der Waals surface area contributed by atoms with Crippen LogP contribution in [-0.4, -0.2) is 0 Å². The first-order valence-electron chi connectivity index (χ1n) is 5.31. The van der Waals surface area contributed by atoms with Gasteiger partial charge in [-0.2, -0.15) is 0 Å². The van der Waals surface area contributed by atoms with E-state index in [1.54, 1.807) is 6.07 Å². The third-order valence-corrected chi connectivity index (χ3v) is 3.28. The highest BCUT2D eigenvalue weighted by Gasteiger charge is 2.10. The lowest BCUT2D eigenvalue weighted by Gasteiger charge is -2.10. The fourth-order valence-corrected chi connectivity index (χ4v) is 2.23. The zero-order chi connectivity index (χ0) is 14.0. The number of benzene rings is 2. The summed E-state index contributed by atoms with van der Waals surface area (Å²) in [6.07, 6.45) is 0. The molecule has 0 unspecified atom stereocenters. The Morgan fingerprint density at radius 2 is 1.89 bits per heavy atom. The zero-order valence-electron chi connectivity index (χ0n) is 9.59. The van der Waals surface area contributed by atoms with Crippen molar-refractivity contribution in [3.05, 3.63) is 57.0 Å². The van der Waals surface area contributed by atoms with Crippen LogP contribution < -0.4 is 10.5 Å². The molecule has 0 bridgehead atoms. The smallest absolute Gasteiger partial charge is 0.145 e. The normalized spacial score (nSPS) is 10.6. The highest BCUT2D eigenvalue weighted by Crippen LogP contribution is 2.34. The summed E-state index contributed by atoms with van der Waals surface area (Å²) in [7, 11) is 0. The van der Waals surface area contributed by atoms with Crippen LogP contribution in [-0.2, 0) is 6.54 Å². The lowest BCUT2D eigenvalue weighted by atomic mass is 10.2. The molecule has 0 fully saturated rings. The first kappa shape index (κ1) is 14.2. The summed E-state index contributed by atoms with van der Waals surface area (Å²) in [5, 5.41) is -0.0267. The fraction of sp³-hybridized carbons (Fsp3) is 0.0769. The van der Waals surface area contributed by atoms with Crippen molar-refractivity contribution >= 4 is 27.5 Å². The van der Waals surface area contributed by atoms with Gasteiger partial charge in [0.25, 0.3) is 0 Å². The molecule has 6 heteroatoms. The van der Waals surface area contributed by atoms with Gasteiger partial charge in [0.15, 0.2) is 0 Å². The van der Waals surface area contributed by atoms with Crippen molar-refractivity contribution in [2.75, 3.05) is 0 Å². The Hall–Kier alpha value is -1.17. The average molecular weight is 349 g/mol. The topological polar surface area (TPSA) is 35.2 Å². The number of halogens is 4.